The first-order chi connectivity index (χ1) is 0. The second-order valence-electron chi connectivity index (χ2n) is 0. The molecule has 0 aromatic rings. The molecule has 0 aromatic heterocycles. The average Bonchev–Trinajstić information content (AvgIpc) is 0. The van der Waals surface area contributed by atoms with Gasteiger partial charge < -0.3 is 2.85 Å². The van der Waals surface area contributed by atoms with E-state index in [-0.39, 0.29) is 80.5 Å². The van der Waals surface area contributed by atoms with Gasteiger partial charge >= 0.3 is 23.1 Å². The van der Waals surface area contributed by atoms with Crippen LogP contribution < -0.4 is 0 Å². The topological polar surface area (TPSA) is 0 Å². The van der Waals surface area contributed by atoms with Crippen LogP contribution in [0.25, 0.3) is 0 Å². The van der Waals surface area contributed by atoms with Crippen molar-refractivity contribution in [2.24, 2.45) is 0 Å². The van der Waals surface area contributed by atoms with E-state index < -0.39 is 0 Å². The molecule has 0 nitrogen and oxygen atoms in total. The van der Waals surface area contributed by atoms with E-state index in [1.807, 2.05) is 0 Å². The molecule has 0 saturated heterocycles. The van der Waals surface area contributed by atoms with E-state index in [1.54, 1.807) is 0 Å². The molecule has 0 bridgehead atoms. The van der Waals surface area contributed by atoms with E-state index in [0.717, 1.165) is 0 Å². The van der Waals surface area contributed by atoms with Crippen molar-refractivity contribution in [3.63, 3.8) is 0 Å². The fourth-order valence-corrected chi connectivity index (χ4v) is 0. The van der Waals surface area contributed by atoms with Crippen molar-refractivity contribution in [1.29, 1.82) is 0 Å². The third-order valence-corrected chi connectivity index (χ3v) is 0. The van der Waals surface area contributed by atoms with Crippen LogP contribution in [0.2, 0.25) is 0 Å². The zero-order chi connectivity index (χ0) is 0. The first kappa shape index (κ1) is 31.8. The van der Waals surface area contributed by atoms with Gasteiger partial charge in [-0.05, 0) is 0 Å². The Morgan fingerprint density at radius 2 is 1.25 bits per heavy atom. The first-order valence-electron chi connectivity index (χ1n) is 0. The predicted molar refractivity (Wildman–Crippen MR) is 7.98 cm³/mol. The van der Waals surface area contributed by atoms with Crippen LogP contribution in [0.1, 0.15) is 2.85 Å². The van der Waals surface area contributed by atoms with E-state index in [9.17, 15) is 0 Å². The largest absolute Gasteiger partial charge is 2.00 e. The molecule has 0 saturated carbocycles. The van der Waals surface area contributed by atoms with E-state index in [2.05, 4.69) is 0 Å². The van der Waals surface area contributed by atoms with Crippen LogP contribution in [0.4, 0.5) is 0 Å². The molecular weight excluding hydrogens is 235 g/mol. The molecule has 0 heterocycles. The fraction of sp³-hybridized carbons (Fsp3) is 0. The van der Waals surface area contributed by atoms with Crippen molar-refractivity contribution in [3.8, 4) is 0 Å². The summed E-state index contributed by atoms with van der Waals surface area (Å²) in [5.41, 5.74) is 0. The van der Waals surface area contributed by atoms with E-state index in [0.29, 0.717) is 0 Å². The molecule has 28 valence electrons. The predicted octanol–water partition coefficient (Wildman–Crippen LogP) is -0.163. The van der Waals surface area contributed by atoms with Crippen molar-refractivity contribution in [1.82, 2.24) is 0 Å². The van der Waals surface area contributed by atoms with Gasteiger partial charge in [0, 0.05) is 54.6 Å². The molecule has 0 atom stereocenters. The Morgan fingerprint density at radius 3 is 1.25 bits per heavy atom. The summed E-state index contributed by atoms with van der Waals surface area (Å²) in [5.74, 6) is 0. The number of hydrogen-bond donors (Lipinski definition) is 0. The van der Waals surface area contributed by atoms with Crippen molar-refractivity contribution >= 4 is 23.1 Å². The third-order valence-electron chi connectivity index (χ3n) is 0. The maximum atomic E-state index is 0. The Morgan fingerprint density at radius 1 is 1.25 bits per heavy atom. The standard InChI is InChI=1S/Fe.Mg.Mo.Ni.2H/q;+2;;;2*-1. The molecule has 0 amide bonds. The maximum absolute atomic E-state index is 0. The Bertz CT molecular complexity index is 13.5. The summed E-state index contributed by atoms with van der Waals surface area (Å²) in [6, 6.07) is 0. The molecule has 0 aromatic carbocycles. The number of hydrogen-bond acceptors (Lipinski definition) is 0. The maximum Gasteiger partial charge on any atom is 2.00 e. The Labute approximate surface area is 79.6 Å². The average molecular weight is 237 g/mol. The molecule has 0 unspecified atom stereocenters. The van der Waals surface area contributed by atoms with Gasteiger partial charge in [0.2, 0.25) is 0 Å². The minimum Gasteiger partial charge on any atom is -1.00 e. The summed E-state index contributed by atoms with van der Waals surface area (Å²) >= 11 is 0. The fourth-order valence-electron chi connectivity index (χ4n) is 0. The molecule has 4 heteroatoms. The van der Waals surface area contributed by atoms with Gasteiger partial charge in [0.25, 0.3) is 0 Å². The van der Waals surface area contributed by atoms with E-state index in [4.69, 9.17) is 0 Å². The van der Waals surface area contributed by atoms with E-state index >= 15 is 0 Å². The second kappa shape index (κ2) is 17.9. The molecule has 0 aliphatic heterocycles. The molecule has 0 aliphatic rings. The summed E-state index contributed by atoms with van der Waals surface area (Å²) < 4.78 is 0. The van der Waals surface area contributed by atoms with Gasteiger partial charge in [-0.25, -0.2) is 0 Å². The molecule has 0 aliphatic carbocycles. The normalized spacial score (nSPS) is 0. The van der Waals surface area contributed by atoms with Crippen LogP contribution in [0.15, 0.2) is 0 Å². The van der Waals surface area contributed by atoms with Gasteiger partial charge in [0.15, 0.2) is 0 Å². The molecule has 0 rings (SSSR count). The Balaban J connectivity index is 0. The summed E-state index contributed by atoms with van der Waals surface area (Å²) in [6.45, 7) is 0. The third kappa shape index (κ3) is 8.82. The zero-order valence-corrected chi connectivity index (χ0v) is 7.30. The Hall–Kier alpha value is 2.47. The minimum atomic E-state index is 0. The summed E-state index contributed by atoms with van der Waals surface area (Å²) in [7, 11) is 0. The van der Waals surface area contributed by atoms with Gasteiger partial charge in [-0.15, -0.1) is 0 Å². The zero-order valence-electron chi connectivity index (χ0n) is 3.79. The second-order valence-corrected chi connectivity index (χ2v) is 0. The summed E-state index contributed by atoms with van der Waals surface area (Å²) in [5, 5.41) is 0. The molecule has 0 N–H and O–H groups in total. The quantitative estimate of drug-likeness (QED) is 0.513. The monoisotopic (exact) mass is 238 g/mol. The van der Waals surface area contributed by atoms with Crippen LogP contribution >= 0.6 is 0 Å². The Kier molecular flexibility index (Phi) is 142. The number of rotatable bonds is 0. The molecular formula is H2FeMgMoNi. The SMILES string of the molecule is [Fe].[H-].[H-].[Mg+2].[Mo].[Ni]. The van der Waals surface area contributed by atoms with Gasteiger partial charge in [-0.1, -0.05) is 0 Å². The van der Waals surface area contributed by atoms with Crippen LogP contribution in [-0.2, 0) is 54.6 Å². The molecule has 4 heavy (non-hydrogen) atoms. The smallest absolute Gasteiger partial charge is 1.00 e. The van der Waals surface area contributed by atoms with Gasteiger partial charge in [-0.2, -0.15) is 0 Å². The summed E-state index contributed by atoms with van der Waals surface area (Å²) in [6.07, 6.45) is 0. The van der Waals surface area contributed by atoms with Crippen molar-refractivity contribution in [3.05, 3.63) is 0 Å². The van der Waals surface area contributed by atoms with Crippen LogP contribution in [-0.4, -0.2) is 23.1 Å². The summed E-state index contributed by atoms with van der Waals surface area (Å²) in [4.78, 5) is 0. The van der Waals surface area contributed by atoms with Crippen molar-refractivity contribution in [2.75, 3.05) is 0 Å². The van der Waals surface area contributed by atoms with Crippen LogP contribution in [0.3, 0.4) is 0 Å². The van der Waals surface area contributed by atoms with Gasteiger partial charge in [0.05, 0.1) is 0 Å². The van der Waals surface area contributed by atoms with Gasteiger partial charge in [-0.3, -0.25) is 0 Å². The molecule has 0 spiro atoms. The first-order valence-corrected chi connectivity index (χ1v) is 0. The van der Waals surface area contributed by atoms with Gasteiger partial charge in [0.1, 0.15) is 0 Å². The van der Waals surface area contributed by atoms with Crippen molar-refractivity contribution in [2.45, 2.75) is 0 Å². The van der Waals surface area contributed by atoms with Crippen LogP contribution in [0, 0.1) is 0 Å². The van der Waals surface area contributed by atoms with E-state index in [1.165, 1.54) is 0 Å². The van der Waals surface area contributed by atoms with Crippen molar-refractivity contribution < 1.29 is 57.5 Å². The van der Waals surface area contributed by atoms with Crippen LogP contribution in [0.5, 0.6) is 0 Å². The molecule has 0 radical (unpaired) electrons. The molecule has 0 fully saturated rings. The minimum absolute atomic E-state index is 0.